The first-order valence-electron chi connectivity index (χ1n) is 9.09. The Morgan fingerprint density at radius 2 is 1.64 bits per heavy atom. The Bertz CT molecular complexity index is 1090. The number of fused-ring (bicyclic) bond motifs is 1. The van der Waals surface area contributed by atoms with E-state index < -0.39 is 10.0 Å². The number of amides is 1. The fourth-order valence-electron chi connectivity index (χ4n) is 3.17. The first kappa shape index (κ1) is 20.0. The van der Waals surface area contributed by atoms with Gasteiger partial charge in [0.25, 0.3) is 0 Å². The van der Waals surface area contributed by atoms with Crippen molar-refractivity contribution < 1.29 is 13.2 Å². The molecule has 28 heavy (non-hydrogen) atoms. The molecule has 0 aliphatic rings. The van der Waals surface area contributed by atoms with E-state index in [1.807, 2.05) is 56.3 Å². The Hall–Kier alpha value is -2.70. The number of carbonyl (C=O) groups excluding carboxylic acids is 1. The summed E-state index contributed by atoms with van der Waals surface area (Å²) in [6, 6.07) is 20.3. The van der Waals surface area contributed by atoms with Crippen LogP contribution in [0, 0.1) is 6.92 Å². The molecule has 1 N–H and O–H groups in total. The van der Waals surface area contributed by atoms with Gasteiger partial charge >= 0.3 is 0 Å². The zero-order valence-corrected chi connectivity index (χ0v) is 17.0. The summed E-state index contributed by atoms with van der Waals surface area (Å²) in [5.74, 6) is -0.348. The maximum absolute atomic E-state index is 12.7. The molecule has 6 heteroatoms. The van der Waals surface area contributed by atoms with E-state index in [-0.39, 0.29) is 23.4 Å². The first-order chi connectivity index (χ1) is 13.3. The van der Waals surface area contributed by atoms with Crippen LogP contribution >= 0.6 is 0 Å². The average molecular weight is 397 g/mol. The summed E-state index contributed by atoms with van der Waals surface area (Å²) < 4.78 is 26.4. The molecule has 0 aromatic heterocycles. The van der Waals surface area contributed by atoms with Gasteiger partial charge < -0.3 is 5.32 Å². The Morgan fingerprint density at radius 3 is 2.36 bits per heavy atom. The summed E-state index contributed by atoms with van der Waals surface area (Å²) in [7, 11) is -2.30. The highest BCUT2D eigenvalue weighted by Crippen LogP contribution is 2.24. The average Bonchev–Trinajstić information content (AvgIpc) is 2.67. The highest BCUT2D eigenvalue weighted by Gasteiger charge is 2.23. The molecule has 0 saturated carbocycles. The maximum Gasteiger partial charge on any atom is 0.243 e. The van der Waals surface area contributed by atoms with Crippen molar-refractivity contribution in [3.8, 4) is 0 Å². The number of carbonyl (C=O) groups is 1. The number of nitrogens with zero attached hydrogens (tertiary/aromatic N) is 1. The third kappa shape index (κ3) is 4.24. The van der Waals surface area contributed by atoms with Crippen LogP contribution in [-0.4, -0.2) is 32.2 Å². The molecule has 146 valence electrons. The quantitative estimate of drug-likeness (QED) is 0.692. The van der Waals surface area contributed by atoms with Gasteiger partial charge in [0.15, 0.2) is 0 Å². The fourth-order valence-corrected chi connectivity index (χ4v) is 4.30. The minimum absolute atomic E-state index is 0.176. The highest BCUT2D eigenvalue weighted by molar-refractivity contribution is 7.89. The molecule has 1 unspecified atom stereocenters. The van der Waals surface area contributed by atoms with E-state index in [1.54, 1.807) is 24.3 Å². The van der Waals surface area contributed by atoms with Gasteiger partial charge in [0.05, 0.1) is 17.5 Å². The number of benzene rings is 3. The summed E-state index contributed by atoms with van der Waals surface area (Å²) in [6.07, 6.45) is 0. The number of aryl methyl sites for hydroxylation is 1. The molecule has 3 rings (SSSR count). The molecular formula is C22H24N2O3S. The standard InChI is InChI=1S/C22H24N2O3S/c1-16-11-13-19(14-12-16)28(26,27)24(3)15-22(25)23-17(2)20-10-6-8-18-7-4-5-9-21(18)20/h4-14,17H,15H2,1-3H3,(H,23,25). The lowest BCUT2D eigenvalue weighted by atomic mass is 10.00. The van der Waals surface area contributed by atoms with Gasteiger partial charge in [0.1, 0.15) is 0 Å². The second-order valence-electron chi connectivity index (χ2n) is 6.93. The molecule has 1 atom stereocenters. The van der Waals surface area contributed by atoms with Crippen LogP contribution in [0.15, 0.2) is 71.6 Å². The van der Waals surface area contributed by atoms with Crippen LogP contribution in [0.25, 0.3) is 10.8 Å². The van der Waals surface area contributed by atoms with Crippen molar-refractivity contribution >= 4 is 26.7 Å². The normalized spacial score (nSPS) is 12.9. The second-order valence-corrected chi connectivity index (χ2v) is 8.98. The van der Waals surface area contributed by atoms with Crippen LogP contribution in [0.1, 0.15) is 24.1 Å². The molecule has 3 aromatic rings. The number of likely N-dealkylation sites (N-methyl/N-ethyl adjacent to an activating group) is 1. The van der Waals surface area contributed by atoms with Crippen molar-refractivity contribution in [2.24, 2.45) is 0 Å². The maximum atomic E-state index is 12.7. The molecule has 0 aliphatic heterocycles. The van der Waals surface area contributed by atoms with Crippen LogP contribution in [-0.2, 0) is 14.8 Å². The Balaban J connectivity index is 1.71. The predicted octanol–water partition coefficient (Wildman–Crippen LogP) is 3.65. The summed E-state index contributed by atoms with van der Waals surface area (Å²) in [6.45, 7) is 3.54. The Morgan fingerprint density at radius 1 is 1.00 bits per heavy atom. The monoisotopic (exact) mass is 396 g/mol. The molecule has 0 heterocycles. The van der Waals surface area contributed by atoms with E-state index in [2.05, 4.69) is 5.32 Å². The molecule has 0 fully saturated rings. The first-order valence-corrected chi connectivity index (χ1v) is 10.5. The van der Waals surface area contributed by atoms with Gasteiger partial charge in [0, 0.05) is 7.05 Å². The van der Waals surface area contributed by atoms with E-state index in [1.165, 1.54) is 7.05 Å². The van der Waals surface area contributed by atoms with Crippen LogP contribution in [0.2, 0.25) is 0 Å². The van der Waals surface area contributed by atoms with Gasteiger partial charge in [-0.15, -0.1) is 0 Å². The molecule has 0 radical (unpaired) electrons. The lowest BCUT2D eigenvalue weighted by molar-refractivity contribution is -0.121. The lowest BCUT2D eigenvalue weighted by Gasteiger charge is -2.20. The van der Waals surface area contributed by atoms with Gasteiger partial charge in [-0.05, 0) is 42.3 Å². The van der Waals surface area contributed by atoms with Gasteiger partial charge in [-0.1, -0.05) is 60.2 Å². The summed E-state index contributed by atoms with van der Waals surface area (Å²) in [5, 5.41) is 5.07. The van der Waals surface area contributed by atoms with Crippen molar-refractivity contribution in [1.29, 1.82) is 0 Å². The van der Waals surface area contributed by atoms with Gasteiger partial charge in [0.2, 0.25) is 15.9 Å². The van der Waals surface area contributed by atoms with E-state index >= 15 is 0 Å². The summed E-state index contributed by atoms with van der Waals surface area (Å²) >= 11 is 0. The summed E-state index contributed by atoms with van der Waals surface area (Å²) in [4.78, 5) is 12.7. The van der Waals surface area contributed by atoms with Crippen LogP contribution in [0.4, 0.5) is 0 Å². The second kappa shape index (κ2) is 8.12. The lowest BCUT2D eigenvalue weighted by Crippen LogP contribution is -2.39. The fraction of sp³-hybridized carbons (Fsp3) is 0.227. The molecule has 5 nitrogen and oxygen atoms in total. The zero-order valence-electron chi connectivity index (χ0n) is 16.2. The zero-order chi connectivity index (χ0) is 20.3. The number of nitrogens with one attached hydrogen (secondary N) is 1. The van der Waals surface area contributed by atoms with Crippen molar-refractivity contribution in [1.82, 2.24) is 9.62 Å². The Labute approximate surface area is 166 Å². The molecule has 3 aromatic carbocycles. The van der Waals surface area contributed by atoms with E-state index in [0.717, 1.165) is 26.2 Å². The van der Waals surface area contributed by atoms with Gasteiger partial charge in [-0.2, -0.15) is 4.31 Å². The van der Waals surface area contributed by atoms with E-state index in [4.69, 9.17) is 0 Å². The molecule has 0 saturated heterocycles. The number of sulfonamides is 1. The Kier molecular flexibility index (Phi) is 5.82. The van der Waals surface area contributed by atoms with E-state index in [0.29, 0.717) is 0 Å². The minimum atomic E-state index is -3.71. The molecule has 0 aliphatic carbocycles. The topological polar surface area (TPSA) is 66.5 Å². The third-order valence-corrected chi connectivity index (χ3v) is 6.58. The van der Waals surface area contributed by atoms with Crippen molar-refractivity contribution in [2.45, 2.75) is 24.8 Å². The molecule has 1 amide bonds. The van der Waals surface area contributed by atoms with E-state index in [9.17, 15) is 13.2 Å². The predicted molar refractivity (Wildman–Crippen MR) is 112 cm³/mol. The smallest absolute Gasteiger partial charge is 0.243 e. The minimum Gasteiger partial charge on any atom is -0.348 e. The van der Waals surface area contributed by atoms with Crippen molar-refractivity contribution in [3.63, 3.8) is 0 Å². The van der Waals surface area contributed by atoms with Crippen LogP contribution in [0.3, 0.4) is 0 Å². The van der Waals surface area contributed by atoms with Gasteiger partial charge in [-0.25, -0.2) is 8.42 Å². The molecule has 0 spiro atoms. The number of hydrogen-bond acceptors (Lipinski definition) is 3. The molecule has 0 bridgehead atoms. The van der Waals surface area contributed by atoms with Crippen LogP contribution in [0.5, 0.6) is 0 Å². The van der Waals surface area contributed by atoms with Crippen LogP contribution < -0.4 is 5.32 Å². The molecular weight excluding hydrogens is 372 g/mol. The summed E-state index contributed by atoms with van der Waals surface area (Å²) in [5.41, 5.74) is 1.97. The number of rotatable bonds is 6. The number of hydrogen-bond donors (Lipinski definition) is 1. The van der Waals surface area contributed by atoms with Gasteiger partial charge in [-0.3, -0.25) is 4.79 Å². The third-order valence-electron chi connectivity index (χ3n) is 4.76. The largest absolute Gasteiger partial charge is 0.348 e. The SMILES string of the molecule is Cc1ccc(S(=O)(=O)N(C)CC(=O)NC(C)c2cccc3ccccc23)cc1. The highest BCUT2D eigenvalue weighted by atomic mass is 32.2. The van der Waals surface area contributed by atoms with Crippen molar-refractivity contribution in [3.05, 3.63) is 77.9 Å². The van der Waals surface area contributed by atoms with Crippen molar-refractivity contribution in [2.75, 3.05) is 13.6 Å².